The fourth-order valence-corrected chi connectivity index (χ4v) is 1.80. The van der Waals surface area contributed by atoms with Gasteiger partial charge in [0.25, 0.3) is 5.56 Å². The predicted molar refractivity (Wildman–Crippen MR) is 69.4 cm³/mol. The lowest BCUT2D eigenvalue weighted by atomic mass is 9.80. The molecule has 0 spiro atoms. The second-order valence-electron chi connectivity index (χ2n) is 4.50. The zero-order valence-electron chi connectivity index (χ0n) is 10.5. The summed E-state index contributed by atoms with van der Waals surface area (Å²) < 4.78 is 1.37. The van der Waals surface area contributed by atoms with E-state index in [2.05, 4.69) is 0 Å². The van der Waals surface area contributed by atoms with Crippen LogP contribution in [0.15, 0.2) is 23.1 Å². The highest BCUT2D eigenvalue weighted by atomic mass is 35.5. The Bertz CT molecular complexity index is 461. The average molecular weight is 256 g/mol. The van der Waals surface area contributed by atoms with Crippen LogP contribution in [0.4, 0.5) is 0 Å². The van der Waals surface area contributed by atoms with Gasteiger partial charge in [-0.3, -0.25) is 9.59 Å². The van der Waals surface area contributed by atoms with E-state index in [0.717, 1.165) is 12.8 Å². The summed E-state index contributed by atoms with van der Waals surface area (Å²) in [5.41, 5.74) is -0.556. The zero-order valence-corrected chi connectivity index (χ0v) is 11.3. The lowest BCUT2D eigenvalue weighted by Gasteiger charge is -2.25. The molecule has 0 saturated carbocycles. The van der Waals surface area contributed by atoms with E-state index < -0.39 is 0 Å². The van der Waals surface area contributed by atoms with E-state index >= 15 is 0 Å². The third-order valence-corrected chi connectivity index (χ3v) is 3.72. The molecule has 1 aromatic heterocycles. The third-order valence-electron chi connectivity index (χ3n) is 3.50. The topological polar surface area (TPSA) is 39.1 Å². The summed E-state index contributed by atoms with van der Waals surface area (Å²) in [5.74, 6) is 0.0758. The first-order chi connectivity index (χ1) is 7.92. The molecule has 0 fully saturated rings. The molecule has 0 saturated heterocycles. The van der Waals surface area contributed by atoms with Crippen LogP contribution >= 0.6 is 11.6 Å². The lowest BCUT2D eigenvalue weighted by molar-refractivity contribution is -0.129. The molecule has 0 bridgehead atoms. The summed E-state index contributed by atoms with van der Waals surface area (Å²) in [5, 5.41) is 0.465. The number of Topliss-reactive ketones (excluding diaryl/α,β-unsaturated/α-hetero) is 1. The molecule has 3 nitrogen and oxygen atoms in total. The van der Waals surface area contributed by atoms with Crippen LogP contribution in [0.5, 0.6) is 0 Å². The number of aromatic nitrogens is 1. The Morgan fingerprint density at radius 3 is 2.47 bits per heavy atom. The normalized spacial score (nSPS) is 11.5. The van der Waals surface area contributed by atoms with Gasteiger partial charge in [0.15, 0.2) is 5.78 Å². The van der Waals surface area contributed by atoms with Crippen LogP contribution in [0, 0.1) is 5.41 Å². The quantitative estimate of drug-likeness (QED) is 0.812. The minimum atomic E-state index is -0.359. The molecule has 4 heteroatoms. The lowest BCUT2D eigenvalue weighted by Crippen LogP contribution is -2.33. The van der Waals surface area contributed by atoms with Crippen LogP contribution in [0.3, 0.4) is 0 Å². The molecule has 0 amide bonds. The van der Waals surface area contributed by atoms with Crippen molar-refractivity contribution in [1.82, 2.24) is 4.57 Å². The maximum atomic E-state index is 12.2. The van der Waals surface area contributed by atoms with Gasteiger partial charge in [-0.1, -0.05) is 32.4 Å². The predicted octanol–water partition coefficient (Wildman–Crippen LogP) is 2.90. The van der Waals surface area contributed by atoms with Crippen LogP contribution in [0.2, 0.25) is 5.02 Å². The minimum absolute atomic E-state index is 0.0758. The van der Waals surface area contributed by atoms with Crippen LogP contribution in [0.25, 0.3) is 0 Å². The highest BCUT2D eigenvalue weighted by Crippen LogP contribution is 2.27. The molecule has 0 atom stereocenters. The molecule has 0 aromatic carbocycles. The Balaban J connectivity index is 2.95. The van der Waals surface area contributed by atoms with Gasteiger partial charge in [-0.05, 0) is 18.9 Å². The molecule has 17 heavy (non-hydrogen) atoms. The maximum Gasteiger partial charge on any atom is 0.251 e. The van der Waals surface area contributed by atoms with E-state index in [0.29, 0.717) is 5.02 Å². The first kappa shape index (κ1) is 14.0. The summed E-state index contributed by atoms with van der Waals surface area (Å²) in [6.07, 6.45) is 3.06. The Hall–Kier alpha value is -1.09. The number of carbonyl (C=O) groups is 1. The second-order valence-corrected chi connectivity index (χ2v) is 4.94. The van der Waals surface area contributed by atoms with E-state index in [1.54, 1.807) is 0 Å². The molecule has 0 aliphatic carbocycles. The fourth-order valence-electron chi connectivity index (χ4n) is 1.62. The summed E-state index contributed by atoms with van der Waals surface area (Å²) in [6, 6.07) is 2.91. The number of hydrogen-bond donors (Lipinski definition) is 0. The first-order valence-corrected chi connectivity index (χ1v) is 6.20. The van der Waals surface area contributed by atoms with Crippen molar-refractivity contribution in [3.63, 3.8) is 0 Å². The largest absolute Gasteiger partial charge is 0.307 e. The van der Waals surface area contributed by atoms with Gasteiger partial charge in [-0.25, -0.2) is 0 Å². The van der Waals surface area contributed by atoms with Gasteiger partial charge >= 0.3 is 0 Å². The molecule has 1 heterocycles. The SMILES string of the molecule is CCC(C)(CC)C(=O)Cn1cc(Cl)ccc1=O. The number of ketones is 1. The van der Waals surface area contributed by atoms with Gasteiger partial charge in [-0.2, -0.15) is 0 Å². The van der Waals surface area contributed by atoms with E-state index in [-0.39, 0.29) is 23.3 Å². The van der Waals surface area contributed by atoms with Crippen molar-refractivity contribution in [3.8, 4) is 0 Å². The highest BCUT2D eigenvalue weighted by molar-refractivity contribution is 6.30. The Labute approximate surface area is 106 Å². The smallest absolute Gasteiger partial charge is 0.251 e. The number of hydrogen-bond acceptors (Lipinski definition) is 2. The standard InChI is InChI=1S/C13H18ClNO2/c1-4-13(3,5-2)11(16)9-15-8-10(14)6-7-12(15)17/h6-8H,4-5,9H2,1-3H3. The molecular formula is C13H18ClNO2. The number of halogens is 1. The Kier molecular flexibility index (Phi) is 4.52. The van der Waals surface area contributed by atoms with Gasteiger partial charge in [0.05, 0.1) is 11.6 Å². The van der Waals surface area contributed by atoms with Gasteiger partial charge < -0.3 is 4.57 Å². The van der Waals surface area contributed by atoms with Crippen molar-refractivity contribution in [2.45, 2.75) is 40.2 Å². The van der Waals surface area contributed by atoms with Crippen LogP contribution in [0.1, 0.15) is 33.6 Å². The maximum absolute atomic E-state index is 12.2. The van der Waals surface area contributed by atoms with E-state index in [9.17, 15) is 9.59 Å². The van der Waals surface area contributed by atoms with Crippen molar-refractivity contribution >= 4 is 17.4 Å². The summed E-state index contributed by atoms with van der Waals surface area (Å²) in [7, 11) is 0. The molecule has 94 valence electrons. The molecular weight excluding hydrogens is 238 g/mol. The van der Waals surface area contributed by atoms with Gasteiger partial charge in [-0.15, -0.1) is 0 Å². The monoisotopic (exact) mass is 255 g/mol. The molecule has 0 N–H and O–H groups in total. The summed E-state index contributed by atoms with van der Waals surface area (Å²) in [4.78, 5) is 23.7. The molecule has 1 rings (SSSR count). The summed E-state index contributed by atoms with van der Waals surface area (Å²) >= 11 is 5.81. The van der Waals surface area contributed by atoms with Crippen LogP contribution in [-0.2, 0) is 11.3 Å². The van der Waals surface area contributed by atoms with E-state index in [4.69, 9.17) is 11.6 Å². The third kappa shape index (κ3) is 3.19. The van der Waals surface area contributed by atoms with Crippen molar-refractivity contribution < 1.29 is 4.79 Å². The van der Waals surface area contributed by atoms with Crippen molar-refractivity contribution in [3.05, 3.63) is 33.7 Å². The molecule has 0 aliphatic heterocycles. The molecule has 1 aromatic rings. The number of pyridine rings is 1. The first-order valence-electron chi connectivity index (χ1n) is 5.82. The number of rotatable bonds is 5. The van der Waals surface area contributed by atoms with Crippen LogP contribution in [-0.4, -0.2) is 10.4 Å². The van der Waals surface area contributed by atoms with Crippen molar-refractivity contribution in [2.24, 2.45) is 5.41 Å². The highest BCUT2D eigenvalue weighted by Gasteiger charge is 2.28. The molecule has 0 unspecified atom stereocenters. The van der Waals surface area contributed by atoms with Gasteiger partial charge in [0.2, 0.25) is 0 Å². The van der Waals surface area contributed by atoms with E-state index in [1.807, 2.05) is 20.8 Å². The molecule has 0 radical (unpaired) electrons. The van der Waals surface area contributed by atoms with Crippen molar-refractivity contribution in [2.75, 3.05) is 0 Å². The summed E-state index contributed by atoms with van der Waals surface area (Å²) in [6.45, 7) is 6.01. The second kappa shape index (κ2) is 5.50. The van der Waals surface area contributed by atoms with E-state index in [1.165, 1.54) is 22.9 Å². The average Bonchev–Trinajstić information content (AvgIpc) is 2.32. The minimum Gasteiger partial charge on any atom is -0.307 e. The van der Waals surface area contributed by atoms with Gasteiger partial charge in [0, 0.05) is 17.7 Å². The van der Waals surface area contributed by atoms with Gasteiger partial charge in [0.1, 0.15) is 0 Å². The number of nitrogens with zero attached hydrogens (tertiary/aromatic N) is 1. The van der Waals surface area contributed by atoms with Crippen molar-refractivity contribution in [1.29, 1.82) is 0 Å². The van der Waals surface area contributed by atoms with Crippen LogP contribution < -0.4 is 5.56 Å². The number of carbonyl (C=O) groups excluding carboxylic acids is 1. The fraction of sp³-hybridized carbons (Fsp3) is 0.538. The Morgan fingerprint density at radius 1 is 1.35 bits per heavy atom. The zero-order chi connectivity index (χ0) is 13.1. The Morgan fingerprint density at radius 2 is 1.94 bits per heavy atom. The molecule has 0 aliphatic rings.